The second-order valence-electron chi connectivity index (χ2n) is 3.24. The van der Waals surface area contributed by atoms with E-state index < -0.39 is 30.3 Å². The summed E-state index contributed by atoms with van der Waals surface area (Å²) in [6, 6.07) is -0.816. The largest absolute Gasteiger partial charge is 0.480 e. The van der Waals surface area contributed by atoms with Crippen LogP contribution >= 0.6 is 12.6 Å². The molecule has 7 nitrogen and oxygen atoms in total. The highest BCUT2D eigenvalue weighted by Crippen LogP contribution is 2.12. The number of rotatable bonds is 3. The number of carboxylic acid groups (broad SMARTS) is 1. The first kappa shape index (κ1) is 15.6. The Morgan fingerprint density at radius 1 is 1.56 bits per heavy atom. The number of hydrogen-bond donors (Lipinski definition) is 6. The van der Waals surface area contributed by atoms with E-state index in [1.54, 1.807) is 0 Å². The molecule has 0 aliphatic carbocycles. The van der Waals surface area contributed by atoms with Crippen LogP contribution in [0, 0.1) is 0 Å². The van der Waals surface area contributed by atoms with Gasteiger partial charge in [-0.25, -0.2) is 0 Å². The van der Waals surface area contributed by atoms with Crippen molar-refractivity contribution in [1.82, 2.24) is 0 Å². The maximum absolute atomic E-state index is 9.76. The molecule has 0 aromatic rings. The van der Waals surface area contributed by atoms with E-state index in [0.717, 1.165) is 0 Å². The Hall–Kier alpha value is -0.380. The molecule has 0 radical (unpaired) electrons. The van der Waals surface area contributed by atoms with E-state index in [0.29, 0.717) is 0 Å². The zero-order valence-corrected chi connectivity index (χ0v) is 9.46. The van der Waals surface area contributed by atoms with Crippen LogP contribution in [0.5, 0.6) is 0 Å². The molecule has 1 aliphatic rings. The minimum absolute atomic E-state index is 0.117. The van der Waals surface area contributed by atoms with Crippen LogP contribution in [-0.2, 0) is 9.53 Å². The number of ether oxygens (including phenoxy) is 1. The summed E-state index contributed by atoms with van der Waals surface area (Å²) in [4.78, 5) is 9.76. The molecule has 1 fully saturated rings. The summed E-state index contributed by atoms with van der Waals surface area (Å²) >= 11 is 3.65. The van der Waals surface area contributed by atoms with Gasteiger partial charge in [0.15, 0.2) is 0 Å². The van der Waals surface area contributed by atoms with Crippen LogP contribution in [0.1, 0.15) is 0 Å². The quantitative estimate of drug-likeness (QED) is 0.305. The lowest BCUT2D eigenvalue weighted by Crippen LogP contribution is -2.31. The molecule has 96 valence electrons. The Labute approximate surface area is 98.2 Å². The third-order valence-electron chi connectivity index (χ3n) is 1.95. The van der Waals surface area contributed by atoms with Crippen molar-refractivity contribution in [3.8, 4) is 0 Å². The summed E-state index contributed by atoms with van der Waals surface area (Å²) in [6.45, 7) is -0.120. The summed E-state index contributed by atoms with van der Waals surface area (Å²) < 4.78 is 4.78. The van der Waals surface area contributed by atoms with E-state index in [2.05, 4.69) is 12.6 Å². The number of hydrogen-bond acceptors (Lipinski definition) is 7. The van der Waals surface area contributed by atoms with Crippen LogP contribution in [0.2, 0.25) is 0 Å². The monoisotopic (exact) mass is 255 g/mol. The number of thiol groups is 1. The van der Waals surface area contributed by atoms with Gasteiger partial charge in [-0.15, -0.1) is 0 Å². The van der Waals surface area contributed by atoms with Crippen LogP contribution in [0.15, 0.2) is 0 Å². The highest BCUT2D eigenvalue weighted by Gasteiger charge is 2.33. The molecule has 4 atom stereocenters. The lowest BCUT2D eigenvalue weighted by Gasteiger charge is -2.10. The molecule has 0 aromatic heterocycles. The van der Waals surface area contributed by atoms with Gasteiger partial charge in [0.2, 0.25) is 0 Å². The molecule has 0 spiro atoms. The number of nitrogens with two attached hydrogens (primary N) is 1. The Kier molecular flexibility index (Phi) is 7.64. The van der Waals surface area contributed by atoms with Crippen LogP contribution < -0.4 is 5.73 Å². The summed E-state index contributed by atoms with van der Waals surface area (Å²) in [5, 5.41) is 34.2. The van der Waals surface area contributed by atoms with Crippen molar-refractivity contribution >= 4 is 18.6 Å². The fourth-order valence-corrected chi connectivity index (χ4v) is 1.06. The Morgan fingerprint density at radius 2 is 2.12 bits per heavy atom. The molecule has 1 aliphatic heterocycles. The predicted molar refractivity (Wildman–Crippen MR) is 58.3 cm³/mol. The number of carbonyl (C=O) groups is 1. The fourth-order valence-electron chi connectivity index (χ4n) is 0.906. The minimum atomic E-state index is -1.00. The average molecular weight is 255 g/mol. The van der Waals surface area contributed by atoms with E-state index in [1.807, 2.05) is 0 Å². The Bertz CT molecular complexity index is 217. The number of aliphatic hydroxyl groups is 3. The second kappa shape index (κ2) is 7.82. The predicted octanol–water partition coefficient (Wildman–Crippen LogP) is -2.57. The van der Waals surface area contributed by atoms with Gasteiger partial charge in [0, 0.05) is 5.75 Å². The maximum atomic E-state index is 9.76. The van der Waals surface area contributed by atoms with E-state index in [9.17, 15) is 4.79 Å². The molecule has 16 heavy (non-hydrogen) atoms. The smallest absolute Gasteiger partial charge is 0.321 e. The highest BCUT2D eigenvalue weighted by atomic mass is 32.1. The number of aliphatic hydroxyl groups excluding tert-OH is 3. The molecule has 8 heteroatoms. The Balaban J connectivity index is 0.000000293. The average Bonchev–Trinajstić information content (AvgIpc) is 2.59. The minimum Gasteiger partial charge on any atom is -0.480 e. The van der Waals surface area contributed by atoms with Crippen molar-refractivity contribution in [1.29, 1.82) is 0 Å². The van der Waals surface area contributed by atoms with Gasteiger partial charge in [-0.05, 0) is 0 Å². The molecule has 1 rings (SSSR count). The van der Waals surface area contributed by atoms with Gasteiger partial charge in [0.25, 0.3) is 0 Å². The Morgan fingerprint density at radius 3 is 2.25 bits per heavy atom. The van der Waals surface area contributed by atoms with Gasteiger partial charge in [0.1, 0.15) is 24.4 Å². The summed E-state index contributed by atoms with van der Waals surface area (Å²) in [7, 11) is 0. The van der Waals surface area contributed by atoms with Gasteiger partial charge in [-0.2, -0.15) is 12.6 Å². The third kappa shape index (κ3) is 5.10. The van der Waals surface area contributed by atoms with E-state index in [4.69, 9.17) is 30.9 Å². The van der Waals surface area contributed by atoms with Crippen molar-refractivity contribution in [3.05, 3.63) is 0 Å². The van der Waals surface area contributed by atoms with Crippen molar-refractivity contribution in [2.75, 3.05) is 19.0 Å². The molecule has 6 N–H and O–H groups in total. The van der Waals surface area contributed by atoms with Crippen molar-refractivity contribution in [2.24, 2.45) is 5.73 Å². The van der Waals surface area contributed by atoms with Crippen molar-refractivity contribution in [3.63, 3.8) is 0 Å². The molecule has 1 saturated heterocycles. The maximum Gasteiger partial charge on any atom is 0.321 e. The highest BCUT2D eigenvalue weighted by molar-refractivity contribution is 7.80. The first-order valence-electron chi connectivity index (χ1n) is 4.61. The molecule has 0 unspecified atom stereocenters. The standard InChI is InChI=1S/C5H10O4.C3H7NO2S/c6-1-4-5(8)3(7)2-9-4;4-2(1-7)3(5)6/h3-8H,1-2H2;2,7H,1,4H2,(H,5,6)/t3-,4-,5+;2-/m10/s1. The first-order chi connectivity index (χ1) is 7.43. The lowest BCUT2D eigenvalue weighted by atomic mass is 10.2. The SMILES string of the molecule is N[C@@H](CS)C(=O)O.OC[C@H]1OC[C@@H](O)[C@@H]1O. The van der Waals surface area contributed by atoms with Gasteiger partial charge < -0.3 is 30.9 Å². The zero-order valence-electron chi connectivity index (χ0n) is 8.56. The van der Waals surface area contributed by atoms with E-state index in [1.165, 1.54) is 0 Å². The normalized spacial score (nSPS) is 30.4. The molecule has 0 aromatic carbocycles. The van der Waals surface area contributed by atoms with Crippen molar-refractivity contribution in [2.45, 2.75) is 24.4 Å². The topological polar surface area (TPSA) is 133 Å². The number of aliphatic carboxylic acids is 1. The van der Waals surface area contributed by atoms with Gasteiger partial charge >= 0.3 is 5.97 Å². The molecule has 1 heterocycles. The van der Waals surface area contributed by atoms with Crippen molar-refractivity contribution < 1.29 is 30.0 Å². The summed E-state index contributed by atoms with van der Waals surface area (Å²) in [6.07, 6.45) is -2.35. The fraction of sp³-hybridized carbons (Fsp3) is 0.875. The zero-order chi connectivity index (χ0) is 12.7. The van der Waals surface area contributed by atoms with Gasteiger partial charge in [0.05, 0.1) is 13.2 Å². The van der Waals surface area contributed by atoms with E-state index in [-0.39, 0.29) is 19.0 Å². The molecule has 0 bridgehead atoms. The summed E-state index contributed by atoms with van der Waals surface area (Å²) in [5.74, 6) is -0.815. The molecular weight excluding hydrogens is 238 g/mol. The van der Waals surface area contributed by atoms with Crippen LogP contribution in [0.25, 0.3) is 0 Å². The van der Waals surface area contributed by atoms with Gasteiger partial charge in [-0.3, -0.25) is 4.79 Å². The lowest BCUT2D eigenvalue weighted by molar-refractivity contribution is -0.137. The van der Waals surface area contributed by atoms with Crippen LogP contribution in [0.4, 0.5) is 0 Å². The van der Waals surface area contributed by atoms with E-state index >= 15 is 0 Å². The van der Waals surface area contributed by atoms with Gasteiger partial charge in [-0.1, -0.05) is 0 Å². The third-order valence-corrected chi connectivity index (χ3v) is 2.34. The summed E-state index contributed by atoms with van der Waals surface area (Å²) in [5.41, 5.74) is 4.94. The first-order valence-corrected chi connectivity index (χ1v) is 5.25. The molecule has 0 saturated carbocycles. The molecular formula is C8H17NO6S. The molecule has 0 amide bonds. The second-order valence-corrected chi connectivity index (χ2v) is 3.60. The number of carboxylic acids is 1. The van der Waals surface area contributed by atoms with Crippen LogP contribution in [-0.4, -0.2) is 69.7 Å². The van der Waals surface area contributed by atoms with Crippen LogP contribution in [0.3, 0.4) is 0 Å².